The molecule has 0 aromatic heterocycles. The van der Waals surface area contributed by atoms with E-state index >= 15 is 0 Å². The summed E-state index contributed by atoms with van der Waals surface area (Å²) in [7, 11) is 0. The van der Waals surface area contributed by atoms with Gasteiger partial charge in [-0.3, -0.25) is 9.59 Å². The molecule has 0 aliphatic heterocycles. The summed E-state index contributed by atoms with van der Waals surface area (Å²) in [6.07, 6.45) is 49.5. The van der Waals surface area contributed by atoms with Crippen LogP contribution in [0.15, 0.2) is 24.3 Å². The fraction of sp³-hybridized carbons (Fsp3) is 0.880. The maximum Gasteiger partial charge on any atom is 0.306 e. The fourth-order valence-corrected chi connectivity index (χ4v) is 7.54. The lowest BCUT2D eigenvalue weighted by Crippen LogP contribution is -2.46. The lowest BCUT2D eigenvalue weighted by atomic mass is 10.0. The van der Waals surface area contributed by atoms with E-state index in [4.69, 9.17) is 4.74 Å². The molecule has 1 amide bonds. The van der Waals surface area contributed by atoms with Crippen LogP contribution in [0.4, 0.5) is 0 Å². The van der Waals surface area contributed by atoms with Crippen LogP contribution in [-0.4, -0.2) is 46.9 Å². The van der Waals surface area contributed by atoms with E-state index < -0.39 is 18.2 Å². The molecule has 0 spiro atoms. The Hall–Kier alpha value is -1.66. The first-order valence-corrected chi connectivity index (χ1v) is 24.6. The Morgan fingerprint density at radius 2 is 0.893 bits per heavy atom. The van der Waals surface area contributed by atoms with E-state index in [0.717, 1.165) is 77.0 Å². The highest BCUT2D eigenvalue weighted by Crippen LogP contribution is 2.18. The maximum atomic E-state index is 13.1. The molecule has 3 atom stereocenters. The number of carbonyl (C=O) groups is 2. The zero-order valence-electron chi connectivity index (χ0n) is 37.5. The van der Waals surface area contributed by atoms with Crippen LogP contribution in [-0.2, 0) is 14.3 Å². The van der Waals surface area contributed by atoms with Gasteiger partial charge in [-0.25, -0.2) is 0 Å². The molecule has 0 aromatic rings. The monoisotopic (exact) mass is 790 g/mol. The number of hydrogen-bond donors (Lipinski definition) is 3. The Bertz CT molecular complexity index is 889. The Balaban J connectivity index is 4.57. The molecule has 3 unspecified atom stereocenters. The molecule has 0 radical (unpaired) electrons. The largest absolute Gasteiger partial charge is 0.462 e. The number of unbranched alkanes of at least 4 members (excludes halogenated alkanes) is 29. The number of esters is 1. The van der Waals surface area contributed by atoms with Gasteiger partial charge in [0.15, 0.2) is 0 Å². The Morgan fingerprint density at radius 1 is 0.518 bits per heavy atom. The number of allylic oxidation sites excluding steroid dienone is 4. The third-order valence-corrected chi connectivity index (χ3v) is 11.3. The molecule has 0 fully saturated rings. The van der Waals surface area contributed by atoms with Gasteiger partial charge in [0.25, 0.3) is 0 Å². The maximum absolute atomic E-state index is 13.1. The fourth-order valence-electron chi connectivity index (χ4n) is 7.54. The van der Waals surface area contributed by atoms with E-state index in [1.807, 2.05) is 0 Å². The van der Waals surface area contributed by atoms with Crippen molar-refractivity contribution in [3.05, 3.63) is 24.3 Å². The summed E-state index contributed by atoms with van der Waals surface area (Å²) in [5.74, 6) is -0.484. The highest BCUT2D eigenvalue weighted by Gasteiger charge is 2.24. The lowest BCUT2D eigenvalue weighted by molar-refractivity contribution is -0.151. The predicted molar refractivity (Wildman–Crippen MR) is 241 cm³/mol. The average Bonchev–Trinajstić information content (AvgIpc) is 3.19. The normalized spacial score (nSPS) is 13.4. The second kappa shape index (κ2) is 44.4. The van der Waals surface area contributed by atoms with E-state index in [1.54, 1.807) is 0 Å². The number of ether oxygens (including phenoxy) is 1. The molecule has 6 nitrogen and oxygen atoms in total. The summed E-state index contributed by atoms with van der Waals surface area (Å²) in [6, 6.07) is -0.701. The Labute approximate surface area is 348 Å². The average molecular weight is 790 g/mol. The molecule has 330 valence electrons. The zero-order valence-corrected chi connectivity index (χ0v) is 37.5. The van der Waals surface area contributed by atoms with Gasteiger partial charge >= 0.3 is 5.97 Å². The molecule has 0 rings (SSSR count). The molecular formula is C50H95NO5. The van der Waals surface area contributed by atoms with E-state index in [9.17, 15) is 19.8 Å². The summed E-state index contributed by atoms with van der Waals surface area (Å²) in [6.45, 7) is 6.43. The van der Waals surface area contributed by atoms with Crippen LogP contribution in [0, 0.1) is 0 Å². The summed E-state index contributed by atoms with van der Waals surface area (Å²) in [4.78, 5) is 26.0. The smallest absolute Gasteiger partial charge is 0.306 e. The van der Waals surface area contributed by atoms with Crippen LogP contribution in [0.5, 0.6) is 0 Å². The zero-order chi connectivity index (χ0) is 41.0. The first kappa shape index (κ1) is 54.3. The number of nitrogens with one attached hydrogen (secondary N) is 1. The highest BCUT2D eigenvalue weighted by molar-refractivity contribution is 5.77. The molecule has 0 bridgehead atoms. The number of hydrogen-bond acceptors (Lipinski definition) is 5. The van der Waals surface area contributed by atoms with Gasteiger partial charge in [-0.2, -0.15) is 0 Å². The number of amides is 1. The van der Waals surface area contributed by atoms with E-state index in [1.165, 1.54) is 135 Å². The first-order chi connectivity index (χ1) is 27.5. The molecular weight excluding hydrogens is 695 g/mol. The van der Waals surface area contributed by atoms with Gasteiger partial charge in [0.05, 0.1) is 25.2 Å². The van der Waals surface area contributed by atoms with E-state index in [2.05, 4.69) is 50.4 Å². The van der Waals surface area contributed by atoms with Crippen molar-refractivity contribution in [3.63, 3.8) is 0 Å². The molecule has 56 heavy (non-hydrogen) atoms. The van der Waals surface area contributed by atoms with Crippen LogP contribution in [0.2, 0.25) is 0 Å². The molecule has 0 saturated heterocycles. The van der Waals surface area contributed by atoms with Gasteiger partial charge in [-0.15, -0.1) is 0 Å². The van der Waals surface area contributed by atoms with Gasteiger partial charge in [0.1, 0.15) is 6.10 Å². The molecule has 0 aliphatic rings. The van der Waals surface area contributed by atoms with Crippen molar-refractivity contribution in [2.24, 2.45) is 0 Å². The topological polar surface area (TPSA) is 95.9 Å². The molecule has 0 aromatic carbocycles. The first-order valence-electron chi connectivity index (χ1n) is 24.6. The number of aliphatic hydroxyl groups excluding tert-OH is 2. The molecule has 3 N–H and O–H groups in total. The predicted octanol–water partition coefficient (Wildman–Crippen LogP) is 14.3. The minimum Gasteiger partial charge on any atom is -0.462 e. The third kappa shape index (κ3) is 39.2. The summed E-state index contributed by atoms with van der Waals surface area (Å²) in [5.41, 5.74) is 0. The summed E-state index contributed by atoms with van der Waals surface area (Å²) in [5, 5.41) is 23.6. The van der Waals surface area contributed by atoms with Crippen molar-refractivity contribution in [3.8, 4) is 0 Å². The van der Waals surface area contributed by atoms with Gasteiger partial charge in [-0.05, 0) is 51.4 Å². The third-order valence-electron chi connectivity index (χ3n) is 11.3. The van der Waals surface area contributed by atoms with Gasteiger partial charge in [0, 0.05) is 6.42 Å². The second-order valence-electron chi connectivity index (χ2n) is 16.9. The van der Waals surface area contributed by atoms with Gasteiger partial charge < -0.3 is 20.3 Å². The molecule has 0 heterocycles. The van der Waals surface area contributed by atoms with Crippen molar-refractivity contribution in [1.82, 2.24) is 5.32 Å². The summed E-state index contributed by atoms with van der Waals surface area (Å²) >= 11 is 0. The van der Waals surface area contributed by atoms with Crippen molar-refractivity contribution in [2.45, 2.75) is 277 Å². The quantitative estimate of drug-likeness (QED) is 0.0324. The SMILES string of the molecule is CCCCC/C=C/C=C/CCCCCCC(CC(=O)NC(CO)C(O)CCCCCCCCCCC)OC(=O)CCCCCCCCCCCCCCCCC. The van der Waals surface area contributed by atoms with Crippen LogP contribution in [0.3, 0.4) is 0 Å². The number of carbonyl (C=O) groups excluding carboxylic acids is 2. The van der Waals surface area contributed by atoms with Gasteiger partial charge in [0.2, 0.25) is 5.91 Å². The molecule has 6 heteroatoms. The standard InChI is InChI=1S/C50H95NO5/c1-4-7-10-13-16-19-21-23-24-26-28-31-34-37-40-43-50(55)56-46(41-38-35-32-30-27-25-22-20-17-14-11-8-5-2)44-49(54)51-47(45-52)48(53)42-39-36-33-29-18-15-12-9-6-3/h17,20,22,25,46-48,52-53H,4-16,18-19,21,23-24,26-45H2,1-3H3,(H,51,54)/b20-17+,25-22+. The number of aliphatic hydroxyl groups is 2. The van der Waals surface area contributed by atoms with Crippen molar-refractivity contribution in [2.75, 3.05) is 6.61 Å². The Kier molecular flexibility index (Phi) is 43.1. The molecule has 0 saturated carbocycles. The van der Waals surface area contributed by atoms with Crippen LogP contribution >= 0.6 is 0 Å². The van der Waals surface area contributed by atoms with Crippen molar-refractivity contribution < 1.29 is 24.5 Å². The lowest BCUT2D eigenvalue weighted by Gasteiger charge is -2.24. The minimum atomic E-state index is -0.787. The highest BCUT2D eigenvalue weighted by atomic mass is 16.5. The van der Waals surface area contributed by atoms with Crippen LogP contribution in [0.25, 0.3) is 0 Å². The van der Waals surface area contributed by atoms with Crippen molar-refractivity contribution >= 4 is 11.9 Å². The van der Waals surface area contributed by atoms with Gasteiger partial charge in [-0.1, -0.05) is 218 Å². The van der Waals surface area contributed by atoms with Crippen LogP contribution < -0.4 is 5.32 Å². The molecule has 0 aliphatic carbocycles. The summed E-state index contributed by atoms with van der Waals surface area (Å²) < 4.78 is 5.91. The number of rotatable bonds is 44. The minimum absolute atomic E-state index is 0.0686. The Morgan fingerprint density at radius 3 is 1.36 bits per heavy atom. The van der Waals surface area contributed by atoms with Crippen molar-refractivity contribution in [1.29, 1.82) is 0 Å². The van der Waals surface area contributed by atoms with E-state index in [-0.39, 0.29) is 24.9 Å². The second-order valence-corrected chi connectivity index (χ2v) is 16.9. The van der Waals surface area contributed by atoms with E-state index in [0.29, 0.717) is 19.3 Å². The van der Waals surface area contributed by atoms with Crippen LogP contribution in [0.1, 0.15) is 258 Å².